The number of aryl methyl sites for hydroxylation is 1. The molecule has 1 spiro atoms. The molecule has 1 saturated carbocycles. The van der Waals surface area contributed by atoms with Gasteiger partial charge in [-0.3, -0.25) is 9.59 Å². The molecule has 1 N–H and O–H groups in total. The smallest absolute Gasteiger partial charge is 0.227 e. The van der Waals surface area contributed by atoms with E-state index in [1.165, 1.54) is 12.8 Å². The maximum atomic E-state index is 12.5. The van der Waals surface area contributed by atoms with Gasteiger partial charge in [-0.1, -0.05) is 35.5 Å². The van der Waals surface area contributed by atoms with Crippen LogP contribution in [0.4, 0.5) is 0 Å². The van der Waals surface area contributed by atoms with Crippen LogP contribution in [0.3, 0.4) is 0 Å². The number of nitrogens with zero attached hydrogens (tertiary/aromatic N) is 3. The first-order chi connectivity index (χ1) is 15.1. The Kier molecular flexibility index (Phi) is 5.48. The van der Waals surface area contributed by atoms with Gasteiger partial charge in [-0.05, 0) is 31.1 Å². The van der Waals surface area contributed by atoms with Gasteiger partial charge in [-0.15, -0.1) is 0 Å². The Morgan fingerprint density at radius 1 is 1.16 bits per heavy atom. The molecular weight excluding hydrogens is 396 g/mol. The van der Waals surface area contributed by atoms with Crippen LogP contribution < -0.4 is 5.32 Å². The normalized spacial score (nSPS) is 21.8. The van der Waals surface area contributed by atoms with Gasteiger partial charge in [0.25, 0.3) is 0 Å². The van der Waals surface area contributed by atoms with Crippen LogP contribution >= 0.6 is 0 Å². The van der Waals surface area contributed by atoms with Crippen molar-refractivity contribution in [2.24, 2.45) is 11.8 Å². The lowest BCUT2D eigenvalue weighted by atomic mass is 9.85. The molecule has 2 amide bonds. The highest BCUT2D eigenvalue weighted by Gasteiger charge is 2.51. The van der Waals surface area contributed by atoms with E-state index in [1.54, 1.807) is 0 Å². The number of rotatable bonds is 8. The molecule has 1 atom stereocenters. The van der Waals surface area contributed by atoms with Crippen molar-refractivity contribution in [3.8, 4) is 11.4 Å². The molecule has 1 unspecified atom stereocenters. The quantitative estimate of drug-likeness (QED) is 0.698. The molecule has 0 radical (unpaired) electrons. The van der Waals surface area contributed by atoms with Crippen molar-refractivity contribution in [3.05, 3.63) is 36.2 Å². The van der Waals surface area contributed by atoms with Gasteiger partial charge in [0.15, 0.2) is 0 Å². The third kappa shape index (κ3) is 4.79. The number of hydrogen-bond acceptors (Lipinski definition) is 6. The lowest BCUT2D eigenvalue weighted by molar-refractivity contribution is -0.157. The standard InChI is InChI=1S/C23H28N4O4/c28-19(24-12-16-6-7-16)10-17-11-23(30-13-17)14-27(15-23)21(29)9-8-20-25-22(26-31-20)18-4-2-1-3-5-18/h1-5,16-17H,6-15H2,(H,24,28). The van der Waals surface area contributed by atoms with Gasteiger partial charge >= 0.3 is 0 Å². The molecular formula is C23H28N4O4. The number of ether oxygens (including phenoxy) is 1. The van der Waals surface area contributed by atoms with Gasteiger partial charge in [0.2, 0.25) is 23.5 Å². The lowest BCUT2D eigenvalue weighted by Crippen LogP contribution is -2.63. The van der Waals surface area contributed by atoms with Crippen LogP contribution in [0.5, 0.6) is 0 Å². The van der Waals surface area contributed by atoms with Crippen LogP contribution in [0.25, 0.3) is 11.4 Å². The van der Waals surface area contributed by atoms with Crippen molar-refractivity contribution >= 4 is 11.8 Å². The zero-order valence-corrected chi connectivity index (χ0v) is 17.6. The zero-order chi connectivity index (χ0) is 21.3. The van der Waals surface area contributed by atoms with Gasteiger partial charge in [-0.2, -0.15) is 4.98 Å². The molecule has 3 aliphatic rings. The third-order valence-electron chi connectivity index (χ3n) is 6.41. The maximum absolute atomic E-state index is 12.5. The van der Waals surface area contributed by atoms with E-state index in [4.69, 9.17) is 9.26 Å². The summed E-state index contributed by atoms with van der Waals surface area (Å²) in [5, 5.41) is 7.02. The molecule has 8 heteroatoms. The van der Waals surface area contributed by atoms with Crippen molar-refractivity contribution in [1.82, 2.24) is 20.4 Å². The second kappa shape index (κ2) is 8.42. The predicted octanol–water partition coefficient (Wildman–Crippen LogP) is 2.20. The van der Waals surface area contributed by atoms with E-state index in [9.17, 15) is 9.59 Å². The van der Waals surface area contributed by atoms with Gasteiger partial charge in [0.05, 0.1) is 19.7 Å². The highest BCUT2D eigenvalue weighted by Crippen LogP contribution is 2.39. The summed E-state index contributed by atoms with van der Waals surface area (Å²) in [6, 6.07) is 9.62. The molecule has 1 aromatic carbocycles. The Morgan fingerprint density at radius 2 is 1.97 bits per heavy atom. The molecule has 8 nitrogen and oxygen atoms in total. The molecule has 164 valence electrons. The van der Waals surface area contributed by atoms with E-state index in [-0.39, 0.29) is 23.3 Å². The zero-order valence-electron chi connectivity index (χ0n) is 17.6. The van der Waals surface area contributed by atoms with Crippen LogP contribution in [0.2, 0.25) is 0 Å². The molecule has 2 aliphatic heterocycles. The molecule has 3 fully saturated rings. The van der Waals surface area contributed by atoms with Gasteiger partial charge in [0, 0.05) is 31.4 Å². The largest absolute Gasteiger partial charge is 0.371 e. The summed E-state index contributed by atoms with van der Waals surface area (Å²) < 4.78 is 11.3. The highest BCUT2D eigenvalue weighted by atomic mass is 16.5. The number of likely N-dealkylation sites (tertiary alicyclic amines) is 1. The number of aromatic nitrogens is 2. The minimum Gasteiger partial charge on any atom is -0.371 e. The molecule has 1 aromatic heterocycles. The Labute approximate surface area is 181 Å². The maximum Gasteiger partial charge on any atom is 0.227 e. The highest BCUT2D eigenvalue weighted by molar-refractivity contribution is 5.78. The summed E-state index contributed by atoms with van der Waals surface area (Å²) in [5.41, 5.74) is 0.630. The second-order valence-electron chi connectivity index (χ2n) is 9.14. The minimum absolute atomic E-state index is 0.0688. The molecule has 2 saturated heterocycles. The van der Waals surface area contributed by atoms with Crippen LogP contribution in [-0.4, -0.2) is 58.7 Å². The molecule has 0 bridgehead atoms. The first-order valence-corrected chi connectivity index (χ1v) is 11.1. The molecule has 3 heterocycles. The summed E-state index contributed by atoms with van der Waals surface area (Å²) >= 11 is 0. The fourth-order valence-electron chi connectivity index (χ4n) is 4.46. The topological polar surface area (TPSA) is 97.6 Å². The summed E-state index contributed by atoms with van der Waals surface area (Å²) in [6.45, 7) is 2.62. The number of benzene rings is 1. The van der Waals surface area contributed by atoms with Crippen LogP contribution in [0.15, 0.2) is 34.9 Å². The summed E-state index contributed by atoms with van der Waals surface area (Å²) in [5.74, 6) is 2.14. The average Bonchev–Trinajstić information content (AvgIpc) is 3.30. The number of hydrogen-bond donors (Lipinski definition) is 1. The monoisotopic (exact) mass is 424 g/mol. The van der Waals surface area contributed by atoms with E-state index in [0.717, 1.165) is 18.5 Å². The van der Waals surface area contributed by atoms with Crippen LogP contribution in [0.1, 0.15) is 38.0 Å². The molecule has 31 heavy (non-hydrogen) atoms. The summed E-state index contributed by atoms with van der Waals surface area (Å²) in [7, 11) is 0. The predicted molar refractivity (Wildman–Crippen MR) is 112 cm³/mol. The van der Waals surface area contributed by atoms with E-state index in [0.29, 0.717) is 56.6 Å². The van der Waals surface area contributed by atoms with Gasteiger partial charge < -0.3 is 19.5 Å². The molecule has 2 aromatic rings. The Bertz CT molecular complexity index is 934. The van der Waals surface area contributed by atoms with Gasteiger partial charge in [0.1, 0.15) is 5.60 Å². The Morgan fingerprint density at radius 3 is 2.74 bits per heavy atom. The van der Waals surface area contributed by atoms with E-state index < -0.39 is 0 Å². The van der Waals surface area contributed by atoms with Crippen LogP contribution in [0, 0.1) is 11.8 Å². The van der Waals surface area contributed by atoms with Gasteiger partial charge in [-0.25, -0.2) is 0 Å². The average molecular weight is 425 g/mol. The summed E-state index contributed by atoms with van der Waals surface area (Å²) in [4.78, 5) is 30.8. The SMILES string of the molecule is O=C(CC1COC2(C1)CN(C(=O)CCc1nc(-c3ccccc3)no1)C2)NCC1CC1. The van der Waals surface area contributed by atoms with Crippen molar-refractivity contribution in [3.63, 3.8) is 0 Å². The number of nitrogens with one attached hydrogen (secondary N) is 1. The molecule has 1 aliphatic carbocycles. The van der Waals surface area contributed by atoms with Crippen molar-refractivity contribution in [2.75, 3.05) is 26.2 Å². The minimum atomic E-state index is -0.262. The number of carbonyl (C=O) groups is 2. The lowest BCUT2D eigenvalue weighted by Gasteiger charge is -2.47. The first-order valence-electron chi connectivity index (χ1n) is 11.1. The van der Waals surface area contributed by atoms with Crippen LogP contribution in [-0.2, 0) is 20.7 Å². The fourth-order valence-corrected chi connectivity index (χ4v) is 4.46. The first kappa shape index (κ1) is 20.2. The summed E-state index contributed by atoms with van der Waals surface area (Å²) in [6.07, 6.45) is 4.59. The Hall–Kier alpha value is -2.74. The Balaban J connectivity index is 1.04. The second-order valence-corrected chi connectivity index (χ2v) is 9.14. The van der Waals surface area contributed by atoms with E-state index in [2.05, 4.69) is 15.5 Å². The molecule has 5 rings (SSSR count). The van der Waals surface area contributed by atoms with Crippen molar-refractivity contribution in [2.45, 2.75) is 44.1 Å². The number of amides is 2. The van der Waals surface area contributed by atoms with Crippen molar-refractivity contribution < 1.29 is 18.8 Å². The third-order valence-corrected chi connectivity index (χ3v) is 6.41. The van der Waals surface area contributed by atoms with Crippen molar-refractivity contribution in [1.29, 1.82) is 0 Å². The number of carbonyl (C=O) groups excluding carboxylic acids is 2. The fraction of sp³-hybridized carbons (Fsp3) is 0.565. The van der Waals surface area contributed by atoms with E-state index in [1.807, 2.05) is 35.2 Å². The van der Waals surface area contributed by atoms with E-state index >= 15 is 0 Å².